The van der Waals surface area contributed by atoms with E-state index in [0.717, 1.165) is 28.1 Å². The van der Waals surface area contributed by atoms with Crippen LogP contribution in [0.25, 0.3) is 0 Å². The molecule has 1 amide bonds. The Kier molecular flexibility index (Phi) is 4.37. The van der Waals surface area contributed by atoms with Gasteiger partial charge in [-0.2, -0.15) is 0 Å². The van der Waals surface area contributed by atoms with Gasteiger partial charge in [0.1, 0.15) is 6.17 Å². The Balaban J connectivity index is 1.78. The molecule has 0 unspecified atom stereocenters. The molecule has 6 heteroatoms. The van der Waals surface area contributed by atoms with Gasteiger partial charge in [0, 0.05) is 16.4 Å². The largest absolute Gasteiger partial charge is 0.334 e. The molecule has 1 aliphatic heterocycles. The first-order valence-corrected chi connectivity index (χ1v) is 8.55. The number of carbonyl (C=O) groups excluding carboxylic acids is 1. The monoisotopic (exact) mass is 365 g/mol. The smallest absolute Gasteiger partial charge is 0.235 e. The molecule has 2 heterocycles. The minimum absolute atomic E-state index is 0.0585. The number of hydrogen-bond acceptors (Lipinski definition) is 4. The summed E-state index contributed by atoms with van der Waals surface area (Å²) in [5.41, 5.74) is 2.13. The first-order chi connectivity index (χ1) is 10.2. The highest BCUT2D eigenvalue weighted by atomic mass is 79.9. The second-order valence-electron chi connectivity index (χ2n) is 5.02. The van der Waals surface area contributed by atoms with Crippen molar-refractivity contribution in [2.45, 2.75) is 26.1 Å². The number of nitrogens with one attached hydrogen (secondary N) is 1. The van der Waals surface area contributed by atoms with Gasteiger partial charge < -0.3 is 5.32 Å². The molecule has 0 saturated carbocycles. The molecule has 3 rings (SSSR count). The Morgan fingerprint density at radius 2 is 2.19 bits per heavy atom. The third-order valence-corrected chi connectivity index (χ3v) is 5.00. The summed E-state index contributed by atoms with van der Waals surface area (Å²) in [4.78, 5) is 18.5. The fraction of sp³-hybridized carbons (Fsp3) is 0.333. The molecule has 0 aliphatic carbocycles. The Labute approximate surface area is 136 Å². The number of aryl methyl sites for hydroxylation is 1. The number of halogens is 1. The molecule has 1 aliphatic rings. The van der Waals surface area contributed by atoms with Crippen molar-refractivity contribution in [1.82, 2.24) is 15.2 Å². The summed E-state index contributed by atoms with van der Waals surface area (Å²) in [7, 11) is 0. The van der Waals surface area contributed by atoms with Gasteiger partial charge in [-0.15, -0.1) is 11.3 Å². The summed E-state index contributed by atoms with van der Waals surface area (Å²) >= 11 is 5.09. The third kappa shape index (κ3) is 3.33. The highest BCUT2D eigenvalue weighted by Crippen LogP contribution is 2.26. The van der Waals surface area contributed by atoms with Crippen LogP contribution in [0, 0.1) is 0 Å². The van der Waals surface area contributed by atoms with Crippen LogP contribution in [0.3, 0.4) is 0 Å². The first-order valence-electron chi connectivity index (χ1n) is 6.88. The van der Waals surface area contributed by atoms with Crippen LogP contribution in [-0.2, 0) is 17.8 Å². The van der Waals surface area contributed by atoms with Crippen molar-refractivity contribution < 1.29 is 4.79 Å². The fourth-order valence-electron chi connectivity index (χ4n) is 2.41. The molecule has 0 spiro atoms. The lowest BCUT2D eigenvalue weighted by Gasteiger charge is -2.21. The predicted molar refractivity (Wildman–Crippen MR) is 86.9 cm³/mol. The van der Waals surface area contributed by atoms with Crippen molar-refractivity contribution >= 4 is 33.2 Å². The van der Waals surface area contributed by atoms with E-state index in [0.29, 0.717) is 6.54 Å². The van der Waals surface area contributed by atoms with Crippen molar-refractivity contribution in [1.29, 1.82) is 0 Å². The molecule has 0 bridgehead atoms. The zero-order chi connectivity index (χ0) is 14.8. The van der Waals surface area contributed by atoms with E-state index in [9.17, 15) is 4.79 Å². The van der Waals surface area contributed by atoms with Crippen LogP contribution in [0.4, 0.5) is 0 Å². The lowest BCUT2D eigenvalue weighted by Crippen LogP contribution is -2.27. The minimum atomic E-state index is -0.113. The maximum Gasteiger partial charge on any atom is 0.235 e. The highest BCUT2D eigenvalue weighted by Gasteiger charge is 2.32. The van der Waals surface area contributed by atoms with Gasteiger partial charge in [0.2, 0.25) is 5.91 Å². The second kappa shape index (κ2) is 6.25. The van der Waals surface area contributed by atoms with E-state index in [4.69, 9.17) is 0 Å². The van der Waals surface area contributed by atoms with Gasteiger partial charge in [-0.05, 0) is 24.1 Å². The van der Waals surface area contributed by atoms with Crippen molar-refractivity contribution in [2.24, 2.45) is 0 Å². The van der Waals surface area contributed by atoms with Crippen LogP contribution >= 0.6 is 27.3 Å². The molecule has 1 aromatic carbocycles. The first kappa shape index (κ1) is 14.7. The summed E-state index contributed by atoms with van der Waals surface area (Å²) in [6.07, 6.45) is 0.815. The average Bonchev–Trinajstić information content (AvgIpc) is 3.07. The normalized spacial score (nSPS) is 19.0. The van der Waals surface area contributed by atoms with Gasteiger partial charge in [0.05, 0.1) is 17.2 Å². The summed E-state index contributed by atoms with van der Waals surface area (Å²) in [5, 5.41) is 6.16. The van der Waals surface area contributed by atoms with E-state index in [1.165, 1.54) is 5.56 Å². The van der Waals surface area contributed by atoms with Gasteiger partial charge in [-0.3, -0.25) is 9.69 Å². The molecule has 21 heavy (non-hydrogen) atoms. The topological polar surface area (TPSA) is 45.2 Å². The van der Waals surface area contributed by atoms with Crippen molar-refractivity contribution in [3.63, 3.8) is 0 Å². The number of benzene rings is 1. The SMILES string of the molecule is CCc1nc([C@@H]2NC(=O)CN2Cc2ccc(Br)cc2)cs1. The van der Waals surface area contributed by atoms with Gasteiger partial charge in [0.15, 0.2) is 0 Å². The lowest BCUT2D eigenvalue weighted by atomic mass is 10.2. The Hall–Kier alpha value is -1.24. The number of amides is 1. The molecule has 1 N–H and O–H groups in total. The maximum atomic E-state index is 11.8. The molecule has 1 saturated heterocycles. The van der Waals surface area contributed by atoms with Crippen LogP contribution in [-0.4, -0.2) is 22.3 Å². The van der Waals surface area contributed by atoms with Crippen molar-refractivity contribution in [3.8, 4) is 0 Å². The number of nitrogens with zero attached hydrogens (tertiary/aromatic N) is 2. The van der Waals surface area contributed by atoms with Crippen LogP contribution in [0.5, 0.6) is 0 Å². The van der Waals surface area contributed by atoms with E-state index in [1.54, 1.807) is 11.3 Å². The summed E-state index contributed by atoms with van der Waals surface area (Å²) < 4.78 is 1.06. The third-order valence-electron chi connectivity index (χ3n) is 3.46. The molecule has 1 aromatic heterocycles. The molecule has 1 fully saturated rings. The summed E-state index contributed by atoms with van der Waals surface area (Å²) in [5.74, 6) is 0.0585. The summed E-state index contributed by atoms with van der Waals surface area (Å²) in [6.45, 7) is 3.24. The van der Waals surface area contributed by atoms with Crippen LogP contribution < -0.4 is 5.32 Å². The van der Waals surface area contributed by atoms with Crippen molar-refractivity contribution in [3.05, 3.63) is 50.4 Å². The van der Waals surface area contributed by atoms with E-state index in [1.807, 2.05) is 17.5 Å². The number of thiazole rings is 1. The molecular weight excluding hydrogens is 350 g/mol. The van der Waals surface area contributed by atoms with Crippen LogP contribution in [0.15, 0.2) is 34.1 Å². The number of hydrogen-bond donors (Lipinski definition) is 1. The highest BCUT2D eigenvalue weighted by molar-refractivity contribution is 9.10. The quantitative estimate of drug-likeness (QED) is 0.905. The van der Waals surface area contributed by atoms with E-state index in [2.05, 4.69) is 50.2 Å². The molecular formula is C15H16BrN3OS. The lowest BCUT2D eigenvalue weighted by molar-refractivity contribution is -0.118. The minimum Gasteiger partial charge on any atom is -0.334 e. The zero-order valence-corrected chi connectivity index (χ0v) is 14.1. The molecule has 110 valence electrons. The van der Waals surface area contributed by atoms with Crippen LogP contribution in [0.1, 0.15) is 29.4 Å². The predicted octanol–water partition coefficient (Wildman–Crippen LogP) is 3.10. The van der Waals surface area contributed by atoms with Gasteiger partial charge in [-0.25, -0.2) is 4.98 Å². The zero-order valence-electron chi connectivity index (χ0n) is 11.7. The Morgan fingerprint density at radius 3 is 2.86 bits per heavy atom. The molecule has 2 aromatic rings. The maximum absolute atomic E-state index is 11.8. The Bertz CT molecular complexity index is 641. The molecule has 4 nitrogen and oxygen atoms in total. The standard InChI is InChI=1S/C15H16BrN3OS/c1-2-14-17-12(9-21-14)15-18-13(20)8-19(15)7-10-3-5-11(16)6-4-10/h3-6,9,15H,2,7-8H2,1H3,(H,18,20)/t15-/m1/s1. The van der Waals surface area contributed by atoms with E-state index >= 15 is 0 Å². The number of aromatic nitrogens is 1. The van der Waals surface area contributed by atoms with Gasteiger partial charge >= 0.3 is 0 Å². The molecule has 1 atom stereocenters. The number of rotatable bonds is 4. The summed E-state index contributed by atoms with van der Waals surface area (Å²) in [6, 6.07) is 8.19. The van der Waals surface area contributed by atoms with Crippen LogP contribution in [0.2, 0.25) is 0 Å². The van der Waals surface area contributed by atoms with E-state index in [-0.39, 0.29) is 12.1 Å². The second-order valence-corrected chi connectivity index (χ2v) is 6.88. The van der Waals surface area contributed by atoms with Crippen molar-refractivity contribution in [2.75, 3.05) is 6.54 Å². The Morgan fingerprint density at radius 1 is 1.43 bits per heavy atom. The van der Waals surface area contributed by atoms with Gasteiger partial charge in [-0.1, -0.05) is 35.0 Å². The average molecular weight is 366 g/mol. The molecule has 0 radical (unpaired) electrons. The van der Waals surface area contributed by atoms with Gasteiger partial charge in [0.25, 0.3) is 0 Å². The number of carbonyl (C=O) groups is 1. The van der Waals surface area contributed by atoms with E-state index < -0.39 is 0 Å². The fourth-order valence-corrected chi connectivity index (χ4v) is 3.44.